The minimum absolute atomic E-state index is 0.0368. The van der Waals surface area contributed by atoms with E-state index in [1.807, 2.05) is 0 Å². The van der Waals surface area contributed by atoms with E-state index in [9.17, 15) is 25.0 Å². The maximum atomic E-state index is 13.1. The number of carbonyl (C=O) groups is 2. The van der Waals surface area contributed by atoms with Crippen molar-refractivity contribution in [2.75, 3.05) is 13.1 Å². The summed E-state index contributed by atoms with van der Waals surface area (Å²) in [5.41, 5.74) is 3.81. The summed E-state index contributed by atoms with van der Waals surface area (Å²) < 4.78 is 1.74. The molecule has 4 rings (SSSR count). The molecule has 0 spiro atoms. The zero-order valence-electron chi connectivity index (χ0n) is 16.2. The molecule has 0 radical (unpaired) electrons. The Kier molecular flexibility index (Phi) is 5.00. The molecule has 0 fully saturated rings. The number of amides is 2. The molecule has 1 aliphatic rings. The Bertz CT molecular complexity index is 1260. The predicted octanol–water partition coefficient (Wildman–Crippen LogP) is 3.00. The number of nitro groups is 1. The Labute approximate surface area is 176 Å². The molecule has 3 aromatic rings. The van der Waals surface area contributed by atoms with E-state index in [-0.39, 0.29) is 18.1 Å². The Hall–Kier alpha value is -4.39. The number of fused-ring (bicyclic) bond motifs is 3. The van der Waals surface area contributed by atoms with Crippen LogP contribution in [0, 0.1) is 21.4 Å². The first kappa shape index (κ1) is 19.9. The van der Waals surface area contributed by atoms with Gasteiger partial charge in [-0.1, -0.05) is 0 Å². The standard InChI is InChI=1S/C21H17N5O5/c22-11-13-6-9-25-17(10-13)18(14-2-4-15(5-3-14)26(30)31)16-12-24(20(27)19(16)25)8-1-7-23-21(28)29/h2-6,9-10,23H,1,7-8,12H2,(H,28,29). The van der Waals surface area contributed by atoms with Gasteiger partial charge in [-0.2, -0.15) is 5.26 Å². The summed E-state index contributed by atoms with van der Waals surface area (Å²) in [6.07, 6.45) is 1.03. The van der Waals surface area contributed by atoms with Crippen molar-refractivity contribution in [1.82, 2.24) is 14.6 Å². The quantitative estimate of drug-likeness (QED) is 0.357. The van der Waals surface area contributed by atoms with Gasteiger partial charge in [-0.05, 0) is 36.2 Å². The number of nitrogens with one attached hydrogen (secondary N) is 1. The van der Waals surface area contributed by atoms with E-state index in [4.69, 9.17) is 5.11 Å². The van der Waals surface area contributed by atoms with E-state index >= 15 is 0 Å². The van der Waals surface area contributed by atoms with Crippen molar-refractivity contribution in [2.24, 2.45) is 0 Å². The molecule has 2 N–H and O–H groups in total. The smallest absolute Gasteiger partial charge is 0.404 e. The number of rotatable bonds is 6. The lowest BCUT2D eigenvalue weighted by atomic mass is 10.0. The fourth-order valence-electron chi connectivity index (χ4n) is 3.89. The van der Waals surface area contributed by atoms with Gasteiger partial charge in [-0.25, -0.2) is 4.79 Å². The largest absolute Gasteiger partial charge is 0.465 e. The third-order valence-electron chi connectivity index (χ3n) is 5.26. The summed E-state index contributed by atoms with van der Waals surface area (Å²) in [5.74, 6) is -0.182. The Morgan fingerprint density at radius 3 is 2.68 bits per heavy atom. The number of carbonyl (C=O) groups excluding carboxylic acids is 1. The molecule has 1 aromatic carbocycles. The predicted molar refractivity (Wildman–Crippen MR) is 110 cm³/mol. The number of hydrogen-bond acceptors (Lipinski definition) is 5. The van der Waals surface area contributed by atoms with Gasteiger partial charge in [-0.3, -0.25) is 14.9 Å². The zero-order valence-corrected chi connectivity index (χ0v) is 16.2. The second-order valence-electron chi connectivity index (χ2n) is 7.10. The number of hydrogen-bond donors (Lipinski definition) is 2. The number of nitro benzene ring substituents is 1. The summed E-state index contributed by atoms with van der Waals surface area (Å²) in [5, 5.41) is 31.3. The molecular formula is C21H17N5O5. The van der Waals surface area contributed by atoms with Crippen molar-refractivity contribution in [2.45, 2.75) is 13.0 Å². The number of carboxylic acid groups (broad SMARTS) is 1. The first-order valence-electron chi connectivity index (χ1n) is 9.48. The van der Waals surface area contributed by atoms with Gasteiger partial charge in [-0.15, -0.1) is 0 Å². The maximum Gasteiger partial charge on any atom is 0.404 e. The molecule has 1 aliphatic heterocycles. The van der Waals surface area contributed by atoms with Crippen molar-refractivity contribution in [3.05, 3.63) is 69.5 Å². The van der Waals surface area contributed by atoms with E-state index in [1.165, 1.54) is 12.1 Å². The summed E-state index contributed by atoms with van der Waals surface area (Å²) in [6, 6.07) is 11.5. The van der Waals surface area contributed by atoms with Gasteiger partial charge in [0.25, 0.3) is 11.6 Å². The van der Waals surface area contributed by atoms with Crippen molar-refractivity contribution in [3.63, 3.8) is 0 Å². The summed E-state index contributed by atoms with van der Waals surface area (Å²) in [4.78, 5) is 35.9. The molecule has 0 bridgehead atoms. The van der Waals surface area contributed by atoms with Gasteiger partial charge in [0, 0.05) is 49.1 Å². The molecule has 0 saturated carbocycles. The van der Waals surface area contributed by atoms with Crippen LogP contribution in [0.5, 0.6) is 0 Å². The van der Waals surface area contributed by atoms with E-state index in [0.717, 1.165) is 11.1 Å². The molecule has 2 aromatic heterocycles. The lowest BCUT2D eigenvalue weighted by Gasteiger charge is -2.17. The molecule has 0 aliphatic carbocycles. The molecule has 0 unspecified atom stereocenters. The summed E-state index contributed by atoms with van der Waals surface area (Å²) in [7, 11) is 0. The van der Waals surface area contributed by atoms with Gasteiger partial charge in [0.1, 0.15) is 5.69 Å². The van der Waals surface area contributed by atoms with Crippen LogP contribution in [0.15, 0.2) is 42.6 Å². The van der Waals surface area contributed by atoms with Crippen LogP contribution in [0.25, 0.3) is 16.6 Å². The highest BCUT2D eigenvalue weighted by Crippen LogP contribution is 2.39. The lowest BCUT2D eigenvalue weighted by molar-refractivity contribution is -0.384. The second-order valence-corrected chi connectivity index (χ2v) is 7.10. The molecule has 3 heterocycles. The number of non-ortho nitro benzene ring substituents is 1. The summed E-state index contributed by atoms with van der Waals surface area (Å²) >= 11 is 0. The fraction of sp³-hybridized carbons (Fsp3) is 0.190. The van der Waals surface area contributed by atoms with Crippen molar-refractivity contribution < 1.29 is 19.6 Å². The topological polar surface area (TPSA) is 141 Å². The minimum Gasteiger partial charge on any atom is -0.465 e. The van der Waals surface area contributed by atoms with E-state index in [2.05, 4.69) is 11.4 Å². The number of nitriles is 1. The van der Waals surface area contributed by atoms with Gasteiger partial charge in [0.15, 0.2) is 0 Å². The highest BCUT2D eigenvalue weighted by Gasteiger charge is 2.34. The number of aromatic nitrogens is 1. The van der Waals surface area contributed by atoms with Crippen LogP contribution < -0.4 is 5.32 Å². The number of pyridine rings is 1. The van der Waals surface area contributed by atoms with Gasteiger partial charge in [0.05, 0.1) is 22.1 Å². The number of benzene rings is 1. The van der Waals surface area contributed by atoms with Crippen LogP contribution in [0.3, 0.4) is 0 Å². The van der Waals surface area contributed by atoms with Crippen LogP contribution in [0.4, 0.5) is 10.5 Å². The van der Waals surface area contributed by atoms with Gasteiger partial charge >= 0.3 is 6.09 Å². The molecule has 0 atom stereocenters. The molecule has 0 saturated heterocycles. The SMILES string of the molecule is N#Cc1ccn2c3c(c(-c4ccc([N+](=O)[O-])cc4)c2c1)CN(CCCNC(=O)O)C3=O. The maximum absolute atomic E-state index is 13.1. The van der Waals surface area contributed by atoms with Crippen LogP contribution >= 0.6 is 0 Å². The highest BCUT2D eigenvalue weighted by atomic mass is 16.6. The van der Waals surface area contributed by atoms with Crippen LogP contribution in [0.2, 0.25) is 0 Å². The average molecular weight is 419 g/mol. The molecular weight excluding hydrogens is 402 g/mol. The molecule has 31 heavy (non-hydrogen) atoms. The van der Waals surface area contributed by atoms with E-state index in [1.54, 1.807) is 39.8 Å². The first-order chi connectivity index (χ1) is 14.9. The molecule has 156 valence electrons. The Morgan fingerprint density at radius 1 is 1.29 bits per heavy atom. The molecule has 10 nitrogen and oxygen atoms in total. The van der Waals surface area contributed by atoms with Crippen molar-refractivity contribution in [1.29, 1.82) is 5.26 Å². The van der Waals surface area contributed by atoms with Crippen LogP contribution in [-0.4, -0.2) is 44.4 Å². The van der Waals surface area contributed by atoms with Crippen molar-refractivity contribution in [3.8, 4) is 17.2 Å². The monoisotopic (exact) mass is 419 g/mol. The normalized spacial score (nSPS) is 12.6. The minimum atomic E-state index is -1.11. The summed E-state index contributed by atoms with van der Waals surface area (Å²) in [6.45, 7) is 0.945. The lowest BCUT2D eigenvalue weighted by Crippen LogP contribution is -2.30. The van der Waals surface area contributed by atoms with Crippen LogP contribution in [-0.2, 0) is 6.54 Å². The number of nitrogens with zero attached hydrogens (tertiary/aromatic N) is 4. The first-order valence-corrected chi connectivity index (χ1v) is 9.48. The molecule has 2 amide bonds. The fourth-order valence-corrected chi connectivity index (χ4v) is 3.89. The Morgan fingerprint density at radius 2 is 2.03 bits per heavy atom. The van der Waals surface area contributed by atoms with Crippen molar-refractivity contribution >= 4 is 23.2 Å². The second kappa shape index (κ2) is 7.79. The van der Waals surface area contributed by atoms with Gasteiger partial charge in [0.2, 0.25) is 0 Å². The average Bonchev–Trinajstić information content (AvgIpc) is 3.24. The van der Waals surface area contributed by atoms with Gasteiger partial charge < -0.3 is 19.7 Å². The van der Waals surface area contributed by atoms with E-state index < -0.39 is 11.0 Å². The van der Waals surface area contributed by atoms with E-state index in [0.29, 0.717) is 41.8 Å². The van der Waals surface area contributed by atoms with Crippen LogP contribution in [0.1, 0.15) is 28.0 Å². The highest BCUT2D eigenvalue weighted by molar-refractivity contribution is 6.03. The molecule has 10 heteroatoms. The third-order valence-corrected chi connectivity index (χ3v) is 5.26. The zero-order chi connectivity index (χ0) is 22.1. The Balaban J connectivity index is 1.76. The third kappa shape index (κ3) is 3.53.